The van der Waals surface area contributed by atoms with E-state index in [9.17, 15) is 43.2 Å². The van der Waals surface area contributed by atoms with Gasteiger partial charge in [0.15, 0.2) is 12.2 Å². The standard InChI is InChI=1S/C85H138O17P2/c1-5-9-13-17-21-25-29-33-36-38-39-41-44-47-50-54-58-62-66-70-83(88)95-75-80(101-84(89)71-67-63-59-55-51-45-32-28-24-20-16-12-8-4)77-99-103(91,92)97-73-79(86)74-98-104(93,94)100-78-81(102-85(90)72-68-64-60-56-52-48-42-35-31-27-23-19-15-11-7-3)76-96-82(87)69-65-61-57-53-49-46-43-40-37-34-30-26-22-18-14-10-6-2/h9-11,13-15,21-23,25-27,33-37,39,41-42,47,50,52,56,58,62,64,68,79-81,86H,5-8,12,16-20,24,28-32,38,40,43-46,48-49,51,53-55,57,59-61,63,65-67,69-78H2,1-4H3,(H,91,92)(H,93,94)/b13-9-,14-10-,15-11-,25-21-,26-22-,27-23-,36-33-,37-34-,41-39-,42-35-,50-47-,56-52-,62-58-,68-64-. The lowest BCUT2D eigenvalue weighted by Crippen LogP contribution is -2.30. The van der Waals surface area contributed by atoms with E-state index in [1.54, 1.807) is 12.2 Å². The smallest absolute Gasteiger partial charge is 0.462 e. The van der Waals surface area contributed by atoms with Crippen molar-refractivity contribution in [1.82, 2.24) is 0 Å². The zero-order chi connectivity index (χ0) is 76.0. The zero-order valence-corrected chi connectivity index (χ0v) is 66.2. The molecule has 0 bridgehead atoms. The molecular weight excluding hydrogens is 1350 g/mol. The minimum absolute atomic E-state index is 0.0306. The number of rotatable bonds is 72. The monoisotopic (exact) mass is 1490 g/mol. The predicted molar refractivity (Wildman–Crippen MR) is 426 cm³/mol. The van der Waals surface area contributed by atoms with Gasteiger partial charge < -0.3 is 33.8 Å². The Hall–Kier alpha value is -5.58. The van der Waals surface area contributed by atoms with Crippen molar-refractivity contribution in [2.24, 2.45) is 0 Å². The van der Waals surface area contributed by atoms with Gasteiger partial charge in [0.2, 0.25) is 0 Å². The van der Waals surface area contributed by atoms with Crippen molar-refractivity contribution in [2.45, 2.75) is 303 Å². The molecule has 0 saturated heterocycles. The van der Waals surface area contributed by atoms with Gasteiger partial charge in [0.25, 0.3) is 0 Å². The summed E-state index contributed by atoms with van der Waals surface area (Å²) < 4.78 is 68.3. The Morgan fingerprint density at radius 1 is 0.288 bits per heavy atom. The van der Waals surface area contributed by atoms with E-state index in [1.165, 1.54) is 51.4 Å². The highest BCUT2D eigenvalue weighted by atomic mass is 31.2. The third-order valence-corrected chi connectivity index (χ3v) is 17.6. The van der Waals surface area contributed by atoms with Crippen LogP contribution in [0.4, 0.5) is 0 Å². The molecule has 0 amide bonds. The van der Waals surface area contributed by atoms with Gasteiger partial charge in [-0.25, -0.2) is 9.13 Å². The molecular formula is C85H138O17P2. The summed E-state index contributed by atoms with van der Waals surface area (Å²) in [5.74, 6) is -2.44. The van der Waals surface area contributed by atoms with Crippen molar-refractivity contribution >= 4 is 39.5 Å². The van der Waals surface area contributed by atoms with Crippen LogP contribution in [-0.4, -0.2) is 96.7 Å². The number of aliphatic hydroxyl groups is 1. The second-order valence-electron chi connectivity index (χ2n) is 25.5. The van der Waals surface area contributed by atoms with E-state index in [0.717, 1.165) is 148 Å². The van der Waals surface area contributed by atoms with Gasteiger partial charge in [0.1, 0.15) is 19.3 Å². The summed E-state index contributed by atoms with van der Waals surface area (Å²) in [5, 5.41) is 10.6. The van der Waals surface area contributed by atoms with Gasteiger partial charge in [0.05, 0.1) is 32.8 Å². The topological polar surface area (TPSA) is 237 Å². The molecule has 0 spiro atoms. The maximum Gasteiger partial charge on any atom is 0.472 e. The highest BCUT2D eigenvalue weighted by Gasteiger charge is 2.30. The fourth-order valence-electron chi connectivity index (χ4n) is 9.87. The number of allylic oxidation sites excluding steroid dienone is 27. The summed E-state index contributed by atoms with van der Waals surface area (Å²) in [6, 6.07) is 0. The summed E-state index contributed by atoms with van der Waals surface area (Å²) in [6.45, 7) is 4.31. The lowest BCUT2D eigenvalue weighted by molar-refractivity contribution is -0.161. The number of unbranched alkanes of at least 4 members (excludes halogenated alkanes) is 19. The van der Waals surface area contributed by atoms with E-state index >= 15 is 0 Å². The van der Waals surface area contributed by atoms with Gasteiger partial charge in [-0.2, -0.15) is 0 Å². The van der Waals surface area contributed by atoms with Crippen molar-refractivity contribution < 1.29 is 80.2 Å². The largest absolute Gasteiger partial charge is 0.472 e. The first-order chi connectivity index (χ1) is 50.7. The molecule has 590 valence electrons. The molecule has 0 aliphatic rings. The van der Waals surface area contributed by atoms with Crippen LogP contribution in [-0.2, 0) is 65.4 Å². The molecule has 0 radical (unpaired) electrons. The van der Waals surface area contributed by atoms with Crippen LogP contribution in [0.25, 0.3) is 0 Å². The molecule has 104 heavy (non-hydrogen) atoms. The average Bonchev–Trinajstić information content (AvgIpc) is 0.939. The molecule has 0 aromatic heterocycles. The van der Waals surface area contributed by atoms with E-state index in [2.05, 4.69) is 155 Å². The number of phosphoric acid groups is 2. The van der Waals surface area contributed by atoms with Crippen LogP contribution < -0.4 is 0 Å². The van der Waals surface area contributed by atoms with Crippen LogP contribution >= 0.6 is 15.6 Å². The van der Waals surface area contributed by atoms with E-state index in [0.29, 0.717) is 32.1 Å². The number of esters is 4. The summed E-state index contributed by atoms with van der Waals surface area (Å²) in [7, 11) is -10.0. The Balaban J connectivity index is 5.48. The van der Waals surface area contributed by atoms with Gasteiger partial charge in [0, 0.05) is 19.3 Å². The third kappa shape index (κ3) is 74.7. The van der Waals surface area contributed by atoms with E-state index in [1.807, 2.05) is 30.4 Å². The third-order valence-electron chi connectivity index (χ3n) is 15.7. The van der Waals surface area contributed by atoms with Gasteiger partial charge in [-0.1, -0.05) is 307 Å². The maximum absolute atomic E-state index is 13.1. The summed E-state index contributed by atoms with van der Waals surface area (Å²) in [5.41, 5.74) is 0. The molecule has 0 aromatic rings. The molecule has 0 saturated carbocycles. The lowest BCUT2D eigenvalue weighted by atomic mass is 10.0. The van der Waals surface area contributed by atoms with E-state index < -0.39 is 97.5 Å². The first kappa shape index (κ1) is 98.4. The van der Waals surface area contributed by atoms with Crippen LogP contribution in [0, 0.1) is 0 Å². The fourth-order valence-corrected chi connectivity index (χ4v) is 11.4. The number of hydrogen-bond donors (Lipinski definition) is 3. The Bertz CT molecular complexity index is 2640. The number of carbonyl (C=O) groups is 4. The van der Waals surface area contributed by atoms with Crippen LogP contribution in [0.5, 0.6) is 0 Å². The van der Waals surface area contributed by atoms with Crippen molar-refractivity contribution in [1.29, 1.82) is 0 Å². The Labute approximate surface area is 629 Å². The van der Waals surface area contributed by atoms with E-state index in [-0.39, 0.29) is 25.7 Å². The molecule has 19 heteroatoms. The molecule has 5 atom stereocenters. The molecule has 0 rings (SSSR count). The van der Waals surface area contributed by atoms with Crippen LogP contribution in [0.1, 0.15) is 285 Å². The highest BCUT2D eigenvalue weighted by molar-refractivity contribution is 7.47. The molecule has 0 aromatic carbocycles. The van der Waals surface area contributed by atoms with Crippen molar-refractivity contribution in [3.8, 4) is 0 Å². The predicted octanol–water partition coefficient (Wildman–Crippen LogP) is 23.0. The minimum Gasteiger partial charge on any atom is -0.462 e. The minimum atomic E-state index is -5.01. The van der Waals surface area contributed by atoms with E-state index in [4.69, 9.17) is 37.0 Å². The summed E-state index contributed by atoms with van der Waals surface area (Å²) in [6.07, 6.45) is 89.6. The second kappa shape index (κ2) is 75.6. The molecule has 0 heterocycles. The number of phosphoric ester groups is 2. The van der Waals surface area contributed by atoms with Crippen molar-refractivity contribution in [3.63, 3.8) is 0 Å². The highest BCUT2D eigenvalue weighted by Crippen LogP contribution is 2.45. The van der Waals surface area contributed by atoms with Gasteiger partial charge in [-0.15, -0.1) is 0 Å². The van der Waals surface area contributed by atoms with Crippen molar-refractivity contribution in [2.75, 3.05) is 39.6 Å². The number of aliphatic hydroxyl groups excluding tert-OH is 1. The van der Waals surface area contributed by atoms with Crippen LogP contribution in [0.15, 0.2) is 170 Å². The summed E-state index contributed by atoms with van der Waals surface area (Å²) >= 11 is 0. The number of ether oxygens (including phenoxy) is 4. The van der Waals surface area contributed by atoms with Crippen molar-refractivity contribution in [3.05, 3.63) is 170 Å². The zero-order valence-electron chi connectivity index (χ0n) is 64.4. The molecule has 0 fully saturated rings. The first-order valence-electron chi connectivity index (χ1n) is 39.4. The van der Waals surface area contributed by atoms with Gasteiger partial charge >= 0.3 is 39.5 Å². The number of carbonyl (C=O) groups excluding carboxylic acids is 4. The number of hydrogen-bond acceptors (Lipinski definition) is 15. The maximum atomic E-state index is 13.1. The molecule has 0 aliphatic heterocycles. The van der Waals surface area contributed by atoms with Gasteiger partial charge in [-0.05, 0) is 122 Å². The normalized spacial score (nSPS) is 14.8. The summed E-state index contributed by atoms with van der Waals surface area (Å²) in [4.78, 5) is 72.9. The van der Waals surface area contributed by atoms with Gasteiger partial charge in [-0.3, -0.25) is 37.3 Å². The lowest BCUT2D eigenvalue weighted by Gasteiger charge is -2.21. The molecule has 5 unspecified atom stereocenters. The van der Waals surface area contributed by atoms with Crippen LogP contribution in [0.3, 0.4) is 0 Å². The quantitative estimate of drug-likeness (QED) is 0.0169. The molecule has 0 aliphatic carbocycles. The molecule has 3 N–H and O–H groups in total. The Morgan fingerprint density at radius 3 is 0.913 bits per heavy atom. The Kier molecular flexibility index (Phi) is 71.6. The first-order valence-corrected chi connectivity index (χ1v) is 42.4. The fraction of sp³-hybridized carbons (Fsp3) is 0.624. The Morgan fingerprint density at radius 2 is 0.558 bits per heavy atom. The van der Waals surface area contributed by atoms with Crippen LogP contribution in [0.2, 0.25) is 0 Å². The second-order valence-corrected chi connectivity index (χ2v) is 28.4. The molecule has 17 nitrogen and oxygen atoms in total. The average molecular weight is 1490 g/mol. The SMILES string of the molecule is CC/C=C\C/C=C\C/C=C\C/C=C\C/C=C\C/C=C\CCC(=O)OCC(COP(=O)(O)OCC(O)COP(=O)(O)OCC(COC(=O)CCCCCCCCC/C=C\C/C=C\C/C=C\CC)OC(=O)C/C=C\C/C=C\C/C=C\C/C=C\C/C=C\CC)OC(=O)CCCCCCCCCCCCCCC.